The van der Waals surface area contributed by atoms with E-state index in [0.29, 0.717) is 5.02 Å². The fourth-order valence-corrected chi connectivity index (χ4v) is 2.65. The standard InChI is InChI=1S/C13H18ClNO/c1-9-7-10(8-11(16-2)12(9)14)13(15)5-3-4-6-13/h7-8H,3-6,15H2,1-2H3. The van der Waals surface area contributed by atoms with Crippen LogP contribution in [0.5, 0.6) is 5.75 Å². The van der Waals surface area contributed by atoms with Gasteiger partial charge in [0, 0.05) is 5.54 Å². The molecule has 0 heterocycles. The van der Waals surface area contributed by atoms with Crippen molar-refractivity contribution in [1.29, 1.82) is 0 Å². The summed E-state index contributed by atoms with van der Waals surface area (Å²) in [6.07, 6.45) is 4.52. The van der Waals surface area contributed by atoms with E-state index >= 15 is 0 Å². The van der Waals surface area contributed by atoms with E-state index in [1.54, 1.807) is 7.11 Å². The largest absolute Gasteiger partial charge is 0.495 e. The predicted molar refractivity (Wildman–Crippen MR) is 67.1 cm³/mol. The molecule has 0 atom stereocenters. The molecule has 0 amide bonds. The summed E-state index contributed by atoms with van der Waals surface area (Å²) in [4.78, 5) is 0. The fraction of sp³-hybridized carbons (Fsp3) is 0.538. The third-order valence-electron chi connectivity index (χ3n) is 3.51. The number of methoxy groups -OCH3 is 1. The summed E-state index contributed by atoms with van der Waals surface area (Å²) in [6, 6.07) is 4.08. The van der Waals surface area contributed by atoms with Crippen molar-refractivity contribution in [2.45, 2.75) is 38.1 Å². The Morgan fingerprint density at radius 3 is 2.50 bits per heavy atom. The molecule has 0 saturated heterocycles. The number of hydrogen-bond donors (Lipinski definition) is 1. The average molecular weight is 240 g/mol. The molecule has 1 aliphatic rings. The van der Waals surface area contributed by atoms with Gasteiger partial charge in [0.2, 0.25) is 0 Å². The lowest BCUT2D eigenvalue weighted by atomic mass is 9.88. The SMILES string of the molecule is COc1cc(C2(N)CCCC2)cc(C)c1Cl. The van der Waals surface area contributed by atoms with Crippen LogP contribution in [-0.2, 0) is 5.54 Å². The number of halogens is 1. The summed E-state index contributed by atoms with van der Waals surface area (Å²) < 4.78 is 5.28. The van der Waals surface area contributed by atoms with Gasteiger partial charge in [-0.25, -0.2) is 0 Å². The Morgan fingerprint density at radius 2 is 1.94 bits per heavy atom. The molecule has 1 fully saturated rings. The third kappa shape index (κ3) is 1.92. The lowest BCUT2D eigenvalue weighted by Gasteiger charge is -2.25. The zero-order valence-electron chi connectivity index (χ0n) is 9.85. The maximum absolute atomic E-state index is 6.42. The smallest absolute Gasteiger partial charge is 0.138 e. The second kappa shape index (κ2) is 4.27. The van der Waals surface area contributed by atoms with Crippen LogP contribution in [0, 0.1) is 6.92 Å². The summed E-state index contributed by atoms with van der Waals surface area (Å²) >= 11 is 6.15. The molecule has 1 aromatic rings. The monoisotopic (exact) mass is 239 g/mol. The van der Waals surface area contributed by atoms with Crippen LogP contribution in [0.4, 0.5) is 0 Å². The first kappa shape index (κ1) is 11.7. The van der Waals surface area contributed by atoms with Crippen molar-refractivity contribution in [3.63, 3.8) is 0 Å². The van der Waals surface area contributed by atoms with Crippen LogP contribution in [0.25, 0.3) is 0 Å². The van der Waals surface area contributed by atoms with Crippen LogP contribution in [0.1, 0.15) is 36.8 Å². The van der Waals surface area contributed by atoms with E-state index < -0.39 is 0 Å². The van der Waals surface area contributed by atoms with Gasteiger partial charge < -0.3 is 10.5 Å². The zero-order chi connectivity index (χ0) is 11.8. The maximum atomic E-state index is 6.42. The van der Waals surface area contributed by atoms with Gasteiger partial charge in [0.25, 0.3) is 0 Å². The van der Waals surface area contributed by atoms with Gasteiger partial charge in [-0.3, -0.25) is 0 Å². The van der Waals surface area contributed by atoms with Gasteiger partial charge >= 0.3 is 0 Å². The Labute approximate surface area is 102 Å². The number of hydrogen-bond acceptors (Lipinski definition) is 2. The highest BCUT2D eigenvalue weighted by molar-refractivity contribution is 6.32. The highest BCUT2D eigenvalue weighted by Gasteiger charge is 2.32. The van der Waals surface area contributed by atoms with E-state index in [4.69, 9.17) is 22.1 Å². The van der Waals surface area contributed by atoms with Crippen LogP contribution in [0.3, 0.4) is 0 Å². The van der Waals surface area contributed by atoms with Crippen molar-refractivity contribution in [3.8, 4) is 5.75 Å². The number of nitrogens with two attached hydrogens (primary N) is 1. The molecule has 2 N–H and O–H groups in total. The molecule has 1 aromatic carbocycles. The molecule has 88 valence electrons. The molecule has 1 saturated carbocycles. The van der Waals surface area contributed by atoms with Crippen LogP contribution < -0.4 is 10.5 Å². The minimum Gasteiger partial charge on any atom is -0.495 e. The minimum atomic E-state index is -0.178. The van der Waals surface area contributed by atoms with E-state index in [1.165, 1.54) is 12.8 Å². The molecular weight excluding hydrogens is 222 g/mol. The number of ether oxygens (including phenoxy) is 1. The van der Waals surface area contributed by atoms with Crippen molar-refractivity contribution in [3.05, 3.63) is 28.3 Å². The van der Waals surface area contributed by atoms with Gasteiger partial charge in [-0.2, -0.15) is 0 Å². The molecule has 0 aliphatic heterocycles. The Morgan fingerprint density at radius 1 is 1.31 bits per heavy atom. The normalized spacial score (nSPS) is 18.8. The molecule has 0 spiro atoms. The first-order valence-corrected chi connectivity index (χ1v) is 6.08. The minimum absolute atomic E-state index is 0.178. The van der Waals surface area contributed by atoms with E-state index in [1.807, 2.05) is 13.0 Å². The molecule has 0 aromatic heterocycles. The van der Waals surface area contributed by atoms with Crippen molar-refractivity contribution in [2.75, 3.05) is 7.11 Å². The highest BCUT2D eigenvalue weighted by Crippen LogP contribution is 2.40. The lowest BCUT2D eigenvalue weighted by molar-refractivity contribution is 0.408. The van der Waals surface area contributed by atoms with Gasteiger partial charge in [-0.15, -0.1) is 0 Å². The molecule has 1 aliphatic carbocycles. The first-order chi connectivity index (χ1) is 7.57. The molecule has 0 bridgehead atoms. The second-order valence-corrected chi connectivity index (χ2v) is 5.05. The zero-order valence-corrected chi connectivity index (χ0v) is 10.6. The summed E-state index contributed by atoms with van der Waals surface area (Å²) in [5, 5.41) is 0.688. The Bertz CT molecular complexity index is 397. The summed E-state index contributed by atoms with van der Waals surface area (Å²) in [7, 11) is 1.64. The van der Waals surface area contributed by atoms with E-state index in [-0.39, 0.29) is 5.54 Å². The molecule has 16 heavy (non-hydrogen) atoms. The molecule has 2 nitrogen and oxygen atoms in total. The van der Waals surface area contributed by atoms with Crippen LogP contribution in [0.15, 0.2) is 12.1 Å². The lowest BCUT2D eigenvalue weighted by Crippen LogP contribution is -2.33. The predicted octanol–water partition coefficient (Wildman–Crippen LogP) is 3.39. The molecule has 3 heteroatoms. The van der Waals surface area contributed by atoms with Gasteiger partial charge in [-0.1, -0.05) is 30.5 Å². The van der Waals surface area contributed by atoms with Gasteiger partial charge in [0.1, 0.15) is 5.75 Å². The van der Waals surface area contributed by atoms with Crippen molar-refractivity contribution in [2.24, 2.45) is 5.73 Å². The molecule has 0 radical (unpaired) electrons. The van der Waals surface area contributed by atoms with Crippen molar-refractivity contribution in [1.82, 2.24) is 0 Å². The van der Waals surface area contributed by atoms with Crippen molar-refractivity contribution < 1.29 is 4.74 Å². The fourth-order valence-electron chi connectivity index (χ4n) is 2.47. The van der Waals surface area contributed by atoms with E-state index in [2.05, 4.69) is 6.07 Å². The van der Waals surface area contributed by atoms with Gasteiger partial charge in [-0.05, 0) is 37.0 Å². The summed E-state index contributed by atoms with van der Waals surface area (Å²) in [6.45, 7) is 1.99. The Kier molecular flexibility index (Phi) is 3.13. The quantitative estimate of drug-likeness (QED) is 0.859. The number of benzene rings is 1. The van der Waals surface area contributed by atoms with Crippen molar-refractivity contribution >= 4 is 11.6 Å². The second-order valence-electron chi connectivity index (χ2n) is 4.67. The van der Waals surface area contributed by atoms with E-state index in [0.717, 1.165) is 29.7 Å². The first-order valence-electron chi connectivity index (χ1n) is 5.70. The summed E-state index contributed by atoms with van der Waals surface area (Å²) in [5.41, 5.74) is 8.44. The highest BCUT2D eigenvalue weighted by atomic mass is 35.5. The maximum Gasteiger partial charge on any atom is 0.138 e. The van der Waals surface area contributed by atoms with Crippen LogP contribution in [0.2, 0.25) is 5.02 Å². The van der Waals surface area contributed by atoms with E-state index in [9.17, 15) is 0 Å². The van der Waals surface area contributed by atoms with Crippen LogP contribution >= 0.6 is 11.6 Å². The summed E-state index contributed by atoms with van der Waals surface area (Å²) in [5.74, 6) is 0.730. The average Bonchev–Trinajstić information content (AvgIpc) is 2.70. The van der Waals surface area contributed by atoms with Crippen LogP contribution in [-0.4, -0.2) is 7.11 Å². The topological polar surface area (TPSA) is 35.2 Å². The number of rotatable bonds is 2. The Balaban J connectivity index is 2.45. The molecule has 0 unspecified atom stereocenters. The molecular formula is C13H18ClNO. The van der Waals surface area contributed by atoms with Gasteiger partial charge in [0.05, 0.1) is 12.1 Å². The van der Waals surface area contributed by atoms with Gasteiger partial charge in [0.15, 0.2) is 0 Å². The Hall–Kier alpha value is -0.730. The molecule has 2 rings (SSSR count). The number of aryl methyl sites for hydroxylation is 1. The third-order valence-corrected chi connectivity index (χ3v) is 4.00.